The molecule has 0 bridgehead atoms. The zero-order valence-corrected chi connectivity index (χ0v) is 18.4. The third kappa shape index (κ3) is 6.58. The number of aliphatic imine (C=N–C) groups is 1. The van der Waals surface area contributed by atoms with E-state index in [1.165, 1.54) is 12.1 Å². The molecule has 2 aromatic heterocycles. The Hall–Kier alpha value is -2.84. The maximum atomic E-state index is 13.4. The zero-order chi connectivity index (χ0) is 22.0. The second-order valence-corrected chi connectivity index (χ2v) is 7.97. The molecule has 3 aromatic rings. The monoisotopic (exact) mass is 441 g/mol. The number of nitrogens with zero attached hydrogens (tertiary/aromatic N) is 2. The summed E-state index contributed by atoms with van der Waals surface area (Å²) in [5.74, 6) is 1.54. The number of morpholine rings is 1. The van der Waals surface area contributed by atoms with Gasteiger partial charge in [0.25, 0.3) is 0 Å². The Labute approximate surface area is 188 Å². The SMILES string of the molecule is Fc1ccc2c(CCNC(=NCCCN3CCOCC3)NCCc3ccco3)c[nH]c2c1. The lowest BCUT2D eigenvalue weighted by Crippen LogP contribution is -2.40. The fraction of sp³-hybridized carbons (Fsp3) is 0.458. The first-order valence-corrected chi connectivity index (χ1v) is 11.4. The van der Waals surface area contributed by atoms with Crippen molar-refractivity contribution < 1.29 is 13.5 Å². The number of nitrogens with one attached hydrogen (secondary N) is 3. The van der Waals surface area contributed by atoms with Gasteiger partial charge in [0.15, 0.2) is 5.96 Å². The van der Waals surface area contributed by atoms with E-state index in [9.17, 15) is 4.39 Å². The second kappa shape index (κ2) is 11.7. The van der Waals surface area contributed by atoms with Crippen molar-refractivity contribution in [1.29, 1.82) is 0 Å². The Morgan fingerprint density at radius 3 is 2.78 bits per heavy atom. The van der Waals surface area contributed by atoms with Crippen molar-refractivity contribution in [2.75, 3.05) is 52.5 Å². The molecular weight excluding hydrogens is 409 g/mol. The van der Waals surface area contributed by atoms with E-state index in [1.54, 1.807) is 6.26 Å². The predicted molar refractivity (Wildman–Crippen MR) is 125 cm³/mol. The molecule has 0 radical (unpaired) electrons. The van der Waals surface area contributed by atoms with Crippen LogP contribution in [0.4, 0.5) is 4.39 Å². The number of H-pyrrole nitrogens is 1. The second-order valence-electron chi connectivity index (χ2n) is 7.97. The maximum absolute atomic E-state index is 13.4. The van der Waals surface area contributed by atoms with Gasteiger partial charge in [-0.15, -0.1) is 0 Å². The van der Waals surface area contributed by atoms with Gasteiger partial charge in [-0.1, -0.05) is 0 Å². The van der Waals surface area contributed by atoms with Crippen LogP contribution in [0.5, 0.6) is 0 Å². The molecule has 3 heterocycles. The molecule has 0 unspecified atom stereocenters. The molecule has 8 heteroatoms. The van der Waals surface area contributed by atoms with E-state index in [0.717, 1.165) is 99.9 Å². The number of aromatic amines is 1. The molecule has 1 aliphatic heterocycles. The molecule has 32 heavy (non-hydrogen) atoms. The highest BCUT2D eigenvalue weighted by Gasteiger charge is 2.09. The van der Waals surface area contributed by atoms with E-state index in [2.05, 4.69) is 20.5 Å². The lowest BCUT2D eigenvalue weighted by Gasteiger charge is -2.26. The van der Waals surface area contributed by atoms with Crippen molar-refractivity contribution in [3.05, 3.63) is 59.9 Å². The van der Waals surface area contributed by atoms with E-state index in [4.69, 9.17) is 14.1 Å². The molecular formula is C24H32FN5O2. The number of rotatable bonds is 10. The number of hydrogen-bond donors (Lipinski definition) is 3. The minimum Gasteiger partial charge on any atom is -0.469 e. The van der Waals surface area contributed by atoms with E-state index in [-0.39, 0.29) is 5.82 Å². The molecule has 7 nitrogen and oxygen atoms in total. The zero-order valence-electron chi connectivity index (χ0n) is 18.4. The molecule has 1 aliphatic rings. The highest BCUT2D eigenvalue weighted by molar-refractivity contribution is 5.83. The average Bonchev–Trinajstić information content (AvgIpc) is 3.47. The standard InChI is InChI=1S/C24H32FN5O2/c25-20-4-5-22-19(18-29-23(22)17-20)6-9-27-24(28-10-7-21-3-1-14-32-21)26-8-2-11-30-12-15-31-16-13-30/h1,3-5,14,17-18,29H,2,6-13,15-16H2,(H2,26,27,28). The molecule has 1 saturated heterocycles. The Kier molecular flexibility index (Phi) is 8.17. The molecule has 0 aliphatic carbocycles. The van der Waals surface area contributed by atoms with Gasteiger partial charge in [-0.05, 0) is 48.7 Å². The van der Waals surface area contributed by atoms with Crippen molar-refractivity contribution in [3.63, 3.8) is 0 Å². The minimum absolute atomic E-state index is 0.226. The van der Waals surface area contributed by atoms with E-state index < -0.39 is 0 Å². The summed E-state index contributed by atoms with van der Waals surface area (Å²) in [5.41, 5.74) is 1.99. The lowest BCUT2D eigenvalue weighted by atomic mass is 10.1. The molecule has 172 valence electrons. The van der Waals surface area contributed by atoms with Gasteiger partial charge in [0.05, 0.1) is 19.5 Å². The molecule has 0 saturated carbocycles. The van der Waals surface area contributed by atoms with Crippen LogP contribution in [0.25, 0.3) is 10.9 Å². The van der Waals surface area contributed by atoms with Gasteiger partial charge in [0, 0.05) is 62.8 Å². The van der Waals surface area contributed by atoms with Crippen LogP contribution >= 0.6 is 0 Å². The van der Waals surface area contributed by atoms with Crippen LogP contribution in [0.2, 0.25) is 0 Å². The summed E-state index contributed by atoms with van der Waals surface area (Å²) in [4.78, 5) is 10.3. The number of ether oxygens (including phenoxy) is 1. The van der Waals surface area contributed by atoms with Crippen LogP contribution in [0.1, 0.15) is 17.7 Å². The summed E-state index contributed by atoms with van der Waals surface area (Å²) in [7, 11) is 0. The fourth-order valence-electron chi connectivity index (χ4n) is 3.92. The molecule has 3 N–H and O–H groups in total. The smallest absolute Gasteiger partial charge is 0.191 e. The number of benzene rings is 1. The number of furan rings is 1. The first-order valence-electron chi connectivity index (χ1n) is 11.4. The van der Waals surface area contributed by atoms with Gasteiger partial charge < -0.3 is 24.8 Å². The van der Waals surface area contributed by atoms with Gasteiger partial charge in [0.2, 0.25) is 0 Å². The van der Waals surface area contributed by atoms with Gasteiger partial charge in [0.1, 0.15) is 11.6 Å². The van der Waals surface area contributed by atoms with E-state index in [1.807, 2.05) is 24.4 Å². The summed E-state index contributed by atoms with van der Waals surface area (Å²) in [6, 6.07) is 8.75. The van der Waals surface area contributed by atoms with Crippen LogP contribution < -0.4 is 10.6 Å². The Bertz CT molecular complexity index is 980. The predicted octanol–water partition coefficient (Wildman–Crippen LogP) is 2.94. The fourth-order valence-corrected chi connectivity index (χ4v) is 3.92. The Morgan fingerprint density at radius 2 is 1.97 bits per heavy atom. The average molecular weight is 442 g/mol. The highest BCUT2D eigenvalue weighted by Crippen LogP contribution is 2.19. The highest BCUT2D eigenvalue weighted by atomic mass is 19.1. The summed E-state index contributed by atoms with van der Waals surface area (Å²) in [5, 5.41) is 7.91. The van der Waals surface area contributed by atoms with Crippen LogP contribution in [-0.4, -0.2) is 68.3 Å². The quantitative estimate of drug-likeness (QED) is 0.256. The molecule has 0 atom stereocenters. The van der Waals surface area contributed by atoms with E-state index in [0.29, 0.717) is 0 Å². The van der Waals surface area contributed by atoms with Gasteiger partial charge in [-0.3, -0.25) is 9.89 Å². The van der Waals surface area contributed by atoms with Crippen molar-refractivity contribution in [3.8, 4) is 0 Å². The van der Waals surface area contributed by atoms with Crippen LogP contribution in [-0.2, 0) is 17.6 Å². The maximum Gasteiger partial charge on any atom is 0.191 e. The van der Waals surface area contributed by atoms with Crippen LogP contribution in [0, 0.1) is 5.82 Å². The van der Waals surface area contributed by atoms with Gasteiger partial charge >= 0.3 is 0 Å². The molecule has 1 fully saturated rings. The van der Waals surface area contributed by atoms with Crippen molar-refractivity contribution in [2.45, 2.75) is 19.3 Å². The number of fused-ring (bicyclic) bond motifs is 1. The third-order valence-electron chi connectivity index (χ3n) is 5.67. The molecule has 4 rings (SSSR count). The number of aromatic nitrogens is 1. The molecule has 1 aromatic carbocycles. The first kappa shape index (κ1) is 22.4. The molecule has 0 spiro atoms. The van der Waals surface area contributed by atoms with Gasteiger partial charge in [-0.25, -0.2) is 4.39 Å². The summed E-state index contributed by atoms with van der Waals surface area (Å²) in [6.45, 7) is 6.94. The largest absolute Gasteiger partial charge is 0.469 e. The third-order valence-corrected chi connectivity index (χ3v) is 5.67. The lowest BCUT2D eigenvalue weighted by molar-refractivity contribution is 0.0377. The van der Waals surface area contributed by atoms with Crippen LogP contribution in [0.15, 0.2) is 52.2 Å². The minimum atomic E-state index is -0.226. The van der Waals surface area contributed by atoms with Gasteiger partial charge in [-0.2, -0.15) is 0 Å². The van der Waals surface area contributed by atoms with Crippen molar-refractivity contribution >= 4 is 16.9 Å². The topological polar surface area (TPSA) is 77.8 Å². The number of hydrogen-bond acceptors (Lipinski definition) is 4. The van der Waals surface area contributed by atoms with Crippen molar-refractivity contribution in [2.24, 2.45) is 4.99 Å². The first-order chi connectivity index (χ1) is 15.8. The normalized spacial score (nSPS) is 15.3. The Morgan fingerprint density at radius 1 is 1.12 bits per heavy atom. The van der Waals surface area contributed by atoms with E-state index >= 15 is 0 Å². The van der Waals surface area contributed by atoms with Crippen molar-refractivity contribution in [1.82, 2.24) is 20.5 Å². The number of guanidine groups is 1. The number of halogens is 1. The summed E-state index contributed by atoms with van der Waals surface area (Å²) < 4.78 is 24.2. The van der Waals surface area contributed by atoms with Crippen LogP contribution in [0.3, 0.4) is 0 Å². The summed E-state index contributed by atoms with van der Waals surface area (Å²) in [6.07, 6.45) is 6.28. The summed E-state index contributed by atoms with van der Waals surface area (Å²) >= 11 is 0. The Balaban J connectivity index is 1.27. The molecule has 0 amide bonds.